The Balaban J connectivity index is 1.29. The Kier molecular flexibility index (Phi) is 4.65. The molecule has 1 fully saturated rings. The van der Waals surface area contributed by atoms with Crippen LogP contribution in [0.2, 0.25) is 0 Å². The largest absolute Gasteiger partial charge is 0.368 e. The highest BCUT2D eigenvalue weighted by atomic mass is 32.2. The molecule has 0 aliphatic carbocycles. The molecule has 0 bridgehead atoms. The van der Waals surface area contributed by atoms with Crippen molar-refractivity contribution in [2.24, 2.45) is 5.92 Å². The molecular weight excluding hydrogens is 468 g/mol. The third kappa shape index (κ3) is 3.35. The molecule has 5 heterocycles. The molecule has 0 spiro atoms. The van der Waals surface area contributed by atoms with Gasteiger partial charge >= 0.3 is 0 Å². The lowest BCUT2D eigenvalue weighted by Crippen LogP contribution is -2.48. The van der Waals surface area contributed by atoms with E-state index in [-0.39, 0.29) is 39.2 Å². The highest BCUT2D eigenvalue weighted by Gasteiger charge is 2.38. The van der Waals surface area contributed by atoms with Gasteiger partial charge in [-0.3, -0.25) is 9.36 Å². The number of nitriles is 1. The fraction of sp³-hybridized carbons (Fsp3) is 0.261. The monoisotopic (exact) mass is 488 g/mol. The zero-order chi connectivity index (χ0) is 24.3. The second-order valence-electron chi connectivity index (χ2n) is 8.79. The second-order valence-corrected chi connectivity index (χ2v) is 10.8. The zero-order valence-corrected chi connectivity index (χ0v) is 19.3. The summed E-state index contributed by atoms with van der Waals surface area (Å²) < 4.78 is 28.0. The second kappa shape index (κ2) is 7.64. The van der Waals surface area contributed by atoms with E-state index >= 15 is 0 Å². The summed E-state index contributed by atoms with van der Waals surface area (Å²) in [4.78, 5) is 23.7. The van der Waals surface area contributed by atoms with E-state index in [9.17, 15) is 18.5 Å². The van der Waals surface area contributed by atoms with Crippen molar-refractivity contribution in [3.8, 4) is 11.8 Å². The molecule has 0 atom stereocenters. The summed E-state index contributed by atoms with van der Waals surface area (Å²) in [5.74, 6) is 0.717. The lowest BCUT2D eigenvalue weighted by atomic mass is 9.91. The predicted molar refractivity (Wildman–Crippen MR) is 127 cm³/mol. The quantitative estimate of drug-likeness (QED) is 0.438. The molecule has 0 saturated carbocycles. The van der Waals surface area contributed by atoms with Gasteiger partial charge in [-0.05, 0) is 30.0 Å². The van der Waals surface area contributed by atoms with E-state index in [0.717, 1.165) is 5.56 Å². The van der Waals surface area contributed by atoms with Crippen molar-refractivity contribution in [1.29, 1.82) is 5.26 Å². The van der Waals surface area contributed by atoms with Crippen molar-refractivity contribution < 1.29 is 8.42 Å². The highest BCUT2D eigenvalue weighted by Crippen LogP contribution is 2.37. The normalized spacial score (nSPS) is 16.7. The molecule has 6 rings (SSSR count). The number of nitrogen functional groups attached to an aromatic ring is 1. The van der Waals surface area contributed by atoms with E-state index in [1.165, 1.54) is 15.4 Å². The van der Waals surface area contributed by atoms with E-state index < -0.39 is 9.84 Å². The first-order chi connectivity index (χ1) is 16.9. The summed E-state index contributed by atoms with van der Waals surface area (Å²) in [6.07, 6.45) is 4.07. The first-order valence-electron chi connectivity index (χ1n) is 11.1. The number of aryl methyl sites for hydroxylation is 1. The molecule has 35 heavy (non-hydrogen) atoms. The maximum atomic E-state index is 13.2. The SMILES string of the molecule is N#Cc1ccn2ncn(-c3ccccc3CC3CN(c4nc(N)nc5c4S(=O)(=O)CC5)C3)c(=O)c12. The number of para-hydroxylation sites is 1. The molecule has 176 valence electrons. The average molecular weight is 489 g/mol. The summed E-state index contributed by atoms with van der Waals surface area (Å²) in [6, 6.07) is 11.2. The van der Waals surface area contributed by atoms with Crippen LogP contribution in [0.4, 0.5) is 11.8 Å². The van der Waals surface area contributed by atoms with Crippen LogP contribution < -0.4 is 16.2 Å². The number of aromatic nitrogens is 5. The van der Waals surface area contributed by atoms with Crippen LogP contribution in [0.5, 0.6) is 0 Å². The minimum atomic E-state index is -3.41. The summed E-state index contributed by atoms with van der Waals surface area (Å²) in [7, 11) is -3.41. The van der Waals surface area contributed by atoms with E-state index in [1.807, 2.05) is 35.2 Å². The Morgan fingerprint density at radius 3 is 2.77 bits per heavy atom. The molecule has 3 aromatic heterocycles. The summed E-state index contributed by atoms with van der Waals surface area (Å²) >= 11 is 0. The van der Waals surface area contributed by atoms with Crippen LogP contribution in [0, 0.1) is 17.2 Å². The van der Waals surface area contributed by atoms with E-state index in [1.54, 1.807) is 12.3 Å². The number of benzene rings is 1. The van der Waals surface area contributed by atoms with Crippen LogP contribution in [0.25, 0.3) is 11.2 Å². The molecule has 12 heteroatoms. The van der Waals surface area contributed by atoms with E-state index in [0.29, 0.717) is 43.1 Å². The van der Waals surface area contributed by atoms with Gasteiger partial charge in [0.05, 0.1) is 22.7 Å². The number of nitrogens with two attached hydrogens (primary N) is 1. The van der Waals surface area contributed by atoms with Crippen LogP contribution in [-0.2, 0) is 22.7 Å². The molecule has 4 aromatic rings. The van der Waals surface area contributed by atoms with Crippen LogP contribution >= 0.6 is 0 Å². The molecular formula is C23H20N8O3S. The number of hydrogen-bond acceptors (Lipinski definition) is 9. The summed E-state index contributed by atoms with van der Waals surface area (Å²) in [5, 5.41) is 13.6. The Hall–Kier alpha value is -4.24. The molecule has 1 aromatic carbocycles. The molecule has 0 unspecified atom stereocenters. The Morgan fingerprint density at radius 2 is 1.97 bits per heavy atom. The third-order valence-electron chi connectivity index (χ3n) is 6.57. The van der Waals surface area contributed by atoms with Gasteiger partial charge in [-0.25, -0.2) is 17.9 Å². The van der Waals surface area contributed by atoms with Gasteiger partial charge in [0.2, 0.25) is 5.95 Å². The maximum Gasteiger partial charge on any atom is 0.283 e. The standard InChI is InChI=1S/C23H20N8O3S/c24-10-16-5-7-31-19(16)22(32)30(13-26-31)18-4-2-1-3-15(18)9-14-11-29(12-14)21-20-17(27-23(25)28-21)6-8-35(20,33)34/h1-5,7,13-14H,6,8-9,11-12H2,(H2,25,27,28). The van der Waals surface area contributed by atoms with Crippen LogP contribution in [0.15, 0.2) is 52.5 Å². The average Bonchev–Trinajstić information content (AvgIpc) is 3.37. The Morgan fingerprint density at radius 1 is 1.17 bits per heavy atom. The van der Waals surface area contributed by atoms with E-state index in [2.05, 4.69) is 15.1 Å². The predicted octanol–water partition coefficient (Wildman–Crippen LogP) is 0.738. The number of nitrogens with zero attached hydrogens (tertiary/aromatic N) is 7. The summed E-state index contributed by atoms with van der Waals surface area (Å²) in [6.45, 7) is 1.21. The molecule has 2 N–H and O–H groups in total. The van der Waals surface area contributed by atoms with Crippen molar-refractivity contribution in [2.45, 2.75) is 17.7 Å². The van der Waals surface area contributed by atoms with Gasteiger partial charge in [-0.15, -0.1) is 0 Å². The van der Waals surface area contributed by atoms with Gasteiger partial charge in [-0.1, -0.05) is 18.2 Å². The fourth-order valence-corrected chi connectivity index (χ4v) is 6.53. The molecule has 0 radical (unpaired) electrons. The van der Waals surface area contributed by atoms with Gasteiger partial charge in [0.15, 0.2) is 15.7 Å². The highest BCUT2D eigenvalue weighted by molar-refractivity contribution is 7.91. The van der Waals surface area contributed by atoms with Crippen molar-refractivity contribution in [3.63, 3.8) is 0 Å². The minimum absolute atomic E-state index is 0.0282. The van der Waals surface area contributed by atoms with Gasteiger partial charge in [0.25, 0.3) is 5.56 Å². The number of fused-ring (bicyclic) bond motifs is 2. The van der Waals surface area contributed by atoms with Gasteiger partial charge in [0, 0.05) is 25.7 Å². The maximum absolute atomic E-state index is 13.2. The molecule has 2 aliphatic heterocycles. The summed E-state index contributed by atoms with van der Waals surface area (Å²) in [5.41, 5.74) is 8.18. The Labute approximate surface area is 200 Å². The van der Waals surface area contributed by atoms with Crippen molar-refractivity contribution in [2.75, 3.05) is 29.5 Å². The first-order valence-corrected chi connectivity index (χ1v) is 12.7. The van der Waals surface area contributed by atoms with E-state index in [4.69, 9.17) is 5.73 Å². The molecule has 1 saturated heterocycles. The Bertz CT molecular complexity index is 1710. The number of hydrogen-bond donors (Lipinski definition) is 1. The lowest BCUT2D eigenvalue weighted by molar-refractivity contribution is 0.402. The van der Waals surface area contributed by atoms with Crippen LogP contribution in [0.1, 0.15) is 16.8 Å². The topological polar surface area (TPSA) is 152 Å². The number of anilines is 2. The zero-order valence-electron chi connectivity index (χ0n) is 18.5. The smallest absolute Gasteiger partial charge is 0.283 e. The van der Waals surface area contributed by atoms with Gasteiger partial charge in [0.1, 0.15) is 22.8 Å². The number of sulfone groups is 1. The number of rotatable bonds is 4. The minimum Gasteiger partial charge on any atom is -0.368 e. The lowest BCUT2D eigenvalue weighted by Gasteiger charge is -2.41. The van der Waals surface area contributed by atoms with Crippen molar-refractivity contribution in [1.82, 2.24) is 24.1 Å². The fourth-order valence-electron chi connectivity index (χ4n) is 4.91. The van der Waals surface area contributed by atoms with Crippen LogP contribution in [-0.4, -0.2) is 51.4 Å². The van der Waals surface area contributed by atoms with Crippen molar-refractivity contribution >= 4 is 27.1 Å². The van der Waals surface area contributed by atoms with Crippen LogP contribution in [0.3, 0.4) is 0 Å². The van der Waals surface area contributed by atoms with Crippen molar-refractivity contribution in [3.05, 3.63) is 70.0 Å². The van der Waals surface area contributed by atoms with Gasteiger partial charge in [-0.2, -0.15) is 15.3 Å². The van der Waals surface area contributed by atoms with Gasteiger partial charge < -0.3 is 10.6 Å². The third-order valence-corrected chi connectivity index (χ3v) is 8.35. The molecule has 2 aliphatic rings. The molecule has 0 amide bonds. The first kappa shape index (κ1) is 21.3. The molecule has 11 nitrogen and oxygen atoms in total.